The van der Waals surface area contributed by atoms with Crippen molar-refractivity contribution in [1.82, 2.24) is 14.8 Å². The summed E-state index contributed by atoms with van der Waals surface area (Å²) in [5, 5.41) is 7.21. The Balaban J connectivity index is 2.88. The number of nitrogens with zero attached hydrogens (tertiary/aromatic N) is 3. The average molecular weight is 274 g/mol. The van der Waals surface area contributed by atoms with Crippen LogP contribution in [-0.4, -0.2) is 39.9 Å². The lowest BCUT2D eigenvalue weighted by molar-refractivity contribution is 0.562. The van der Waals surface area contributed by atoms with Gasteiger partial charge in [0.05, 0.1) is 0 Å². The highest BCUT2D eigenvalue weighted by molar-refractivity contribution is 7.98. The molecule has 1 heterocycles. The summed E-state index contributed by atoms with van der Waals surface area (Å²) in [6.07, 6.45) is 3.28. The molecule has 4 nitrogen and oxygen atoms in total. The largest absolute Gasteiger partial charge is 0.341 e. The topological polar surface area (TPSA) is 36.9 Å². The summed E-state index contributed by atoms with van der Waals surface area (Å²) in [6.45, 7) is 6.46. The number of H-pyrrole nitrogens is 1. The van der Waals surface area contributed by atoms with E-state index in [4.69, 9.17) is 12.2 Å². The van der Waals surface area contributed by atoms with E-state index < -0.39 is 0 Å². The molecule has 0 bridgehead atoms. The maximum Gasteiger partial charge on any atom is 0.225 e. The van der Waals surface area contributed by atoms with E-state index in [9.17, 15) is 0 Å². The fourth-order valence-corrected chi connectivity index (χ4v) is 2.60. The second kappa shape index (κ2) is 6.44. The monoisotopic (exact) mass is 274 g/mol. The van der Waals surface area contributed by atoms with Crippen LogP contribution in [0.15, 0.2) is 0 Å². The van der Waals surface area contributed by atoms with Gasteiger partial charge in [0.1, 0.15) is 0 Å². The molecule has 0 aliphatic heterocycles. The Labute approximate surface area is 113 Å². The number of nitrogens with one attached hydrogen (secondary N) is 1. The second-order valence-electron chi connectivity index (χ2n) is 4.53. The minimum Gasteiger partial charge on any atom is -0.341 e. The lowest BCUT2D eigenvalue weighted by Gasteiger charge is -2.26. The molecular weight excluding hydrogens is 252 g/mol. The lowest BCUT2D eigenvalue weighted by Crippen LogP contribution is -2.32. The molecule has 0 amide bonds. The molecule has 1 atom stereocenters. The van der Waals surface area contributed by atoms with Crippen LogP contribution in [0.25, 0.3) is 0 Å². The van der Waals surface area contributed by atoms with Crippen molar-refractivity contribution in [3.05, 3.63) is 4.77 Å². The first-order valence-electron chi connectivity index (χ1n) is 5.87. The first-order chi connectivity index (χ1) is 7.99. The molecule has 1 rings (SSSR count). The van der Waals surface area contributed by atoms with Crippen molar-refractivity contribution in [2.75, 3.05) is 24.0 Å². The van der Waals surface area contributed by atoms with Crippen molar-refractivity contribution < 1.29 is 0 Å². The van der Waals surface area contributed by atoms with Gasteiger partial charge in [-0.25, -0.2) is 5.10 Å². The van der Waals surface area contributed by atoms with Gasteiger partial charge in [0.15, 0.2) is 4.77 Å². The van der Waals surface area contributed by atoms with Gasteiger partial charge >= 0.3 is 0 Å². The normalized spacial score (nSPS) is 13.1. The van der Waals surface area contributed by atoms with Gasteiger partial charge in [0.25, 0.3) is 0 Å². The van der Waals surface area contributed by atoms with Crippen molar-refractivity contribution in [2.45, 2.75) is 39.3 Å². The van der Waals surface area contributed by atoms with E-state index in [0.29, 0.717) is 16.9 Å². The fraction of sp³-hybridized carbons (Fsp3) is 0.818. The predicted molar refractivity (Wildman–Crippen MR) is 78.7 cm³/mol. The van der Waals surface area contributed by atoms with E-state index >= 15 is 0 Å². The van der Waals surface area contributed by atoms with Gasteiger partial charge in [-0.15, -0.1) is 5.10 Å². The number of hydrogen-bond donors (Lipinski definition) is 1. The summed E-state index contributed by atoms with van der Waals surface area (Å²) in [7, 11) is 2.08. The molecule has 0 saturated carbocycles. The third kappa shape index (κ3) is 3.48. The lowest BCUT2D eigenvalue weighted by atomic mass is 10.2. The van der Waals surface area contributed by atoms with Gasteiger partial charge in [0, 0.05) is 19.1 Å². The van der Waals surface area contributed by atoms with Crippen LogP contribution in [0.5, 0.6) is 0 Å². The van der Waals surface area contributed by atoms with Crippen LogP contribution in [0.1, 0.15) is 33.2 Å². The Kier molecular flexibility index (Phi) is 5.52. The maximum atomic E-state index is 5.26. The summed E-state index contributed by atoms with van der Waals surface area (Å²) < 4.78 is 2.75. The third-order valence-corrected chi connectivity index (χ3v) is 3.85. The number of rotatable bonds is 6. The molecule has 1 unspecified atom stereocenters. The van der Waals surface area contributed by atoms with Gasteiger partial charge in [-0.2, -0.15) is 11.8 Å². The summed E-state index contributed by atoms with van der Waals surface area (Å²) >= 11 is 7.13. The highest BCUT2D eigenvalue weighted by Gasteiger charge is 2.17. The minimum absolute atomic E-state index is 0.325. The van der Waals surface area contributed by atoms with Crippen molar-refractivity contribution in [2.24, 2.45) is 0 Å². The van der Waals surface area contributed by atoms with Gasteiger partial charge in [-0.1, -0.05) is 0 Å². The second-order valence-corrected chi connectivity index (χ2v) is 5.91. The fourth-order valence-electron chi connectivity index (χ4n) is 1.69. The first-order valence-corrected chi connectivity index (χ1v) is 7.68. The zero-order chi connectivity index (χ0) is 13.0. The van der Waals surface area contributed by atoms with E-state index in [-0.39, 0.29) is 0 Å². The van der Waals surface area contributed by atoms with E-state index in [1.165, 1.54) is 5.75 Å². The maximum absolute atomic E-state index is 5.26. The summed E-state index contributed by atoms with van der Waals surface area (Å²) in [6, 6.07) is 0.789. The Morgan fingerprint density at radius 2 is 2.12 bits per heavy atom. The number of thioether (sulfide) groups is 1. The minimum atomic E-state index is 0.325. The predicted octanol–water partition coefficient (Wildman–Crippen LogP) is 3.10. The zero-order valence-corrected chi connectivity index (χ0v) is 12.9. The van der Waals surface area contributed by atoms with E-state index in [1.807, 2.05) is 11.8 Å². The molecule has 6 heteroatoms. The summed E-state index contributed by atoms with van der Waals surface area (Å²) in [5.41, 5.74) is 0. The molecule has 0 saturated heterocycles. The van der Waals surface area contributed by atoms with Crippen molar-refractivity contribution in [3.63, 3.8) is 0 Å². The van der Waals surface area contributed by atoms with Gasteiger partial charge in [-0.3, -0.25) is 4.57 Å². The molecular formula is C11H22N4S2. The van der Waals surface area contributed by atoms with Crippen LogP contribution in [0.3, 0.4) is 0 Å². The molecule has 98 valence electrons. The number of hydrogen-bond acceptors (Lipinski definition) is 4. The first kappa shape index (κ1) is 14.6. The van der Waals surface area contributed by atoms with Crippen LogP contribution in [-0.2, 0) is 0 Å². The Morgan fingerprint density at radius 3 is 2.65 bits per heavy atom. The number of aromatic amines is 1. The standard InChI is InChI=1S/C11H22N4S2/c1-8(2)15-10(12-13-11(15)16)14(4)9(3)6-7-17-5/h8-9H,6-7H2,1-5H3,(H,13,16). The van der Waals surface area contributed by atoms with Crippen LogP contribution >= 0.6 is 24.0 Å². The third-order valence-electron chi connectivity index (χ3n) is 2.92. The average Bonchev–Trinajstić information content (AvgIpc) is 2.66. The Morgan fingerprint density at radius 1 is 1.47 bits per heavy atom. The van der Waals surface area contributed by atoms with Crippen molar-refractivity contribution >= 4 is 29.9 Å². The molecule has 1 aromatic heterocycles. The molecule has 0 aliphatic rings. The van der Waals surface area contributed by atoms with Crippen molar-refractivity contribution in [3.8, 4) is 0 Å². The molecule has 17 heavy (non-hydrogen) atoms. The zero-order valence-electron chi connectivity index (χ0n) is 11.2. The van der Waals surface area contributed by atoms with Crippen molar-refractivity contribution in [1.29, 1.82) is 0 Å². The molecule has 0 fully saturated rings. The molecule has 0 aromatic carbocycles. The summed E-state index contributed by atoms with van der Waals surface area (Å²) in [4.78, 5) is 2.20. The summed E-state index contributed by atoms with van der Waals surface area (Å²) in [5.74, 6) is 2.09. The Hall–Kier alpha value is -0.490. The molecule has 1 N–H and O–H groups in total. The van der Waals surface area contributed by atoms with Crippen LogP contribution in [0.2, 0.25) is 0 Å². The van der Waals surface area contributed by atoms with E-state index in [1.54, 1.807) is 0 Å². The van der Waals surface area contributed by atoms with Crippen LogP contribution < -0.4 is 4.90 Å². The van der Waals surface area contributed by atoms with Gasteiger partial charge < -0.3 is 4.90 Å². The van der Waals surface area contributed by atoms with Gasteiger partial charge in [0.2, 0.25) is 5.95 Å². The molecule has 0 radical (unpaired) electrons. The van der Waals surface area contributed by atoms with Crippen LogP contribution in [0.4, 0.5) is 5.95 Å². The highest BCUT2D eigenvalue weighted by atomic mass is 32.2. The molecule has 0 spiro atoms. The van der Waals surface area contributed by atoms with Gasteiger partial charge in [-0.05, 0) is 51.4 Å². The quantitative estimate of drug-likeness (QED) is 0.809. The molecule has 0 aliphatic carbocycles. The number of anilines is 1. The SMILES string of the molecule is CSCCC(C)N(C)c1n[nH]c(=S)n1C(C)C. The smallest absolute Gasteiger partial charge is 0.225 e. The van der Waals surface area contributed by atoms with E-state index in [0.717, 1.165) is 12.4 Å². The van der Waals surface area contributed by atoms with Crippen LogP contribution in [0, 0.1) is 4.77 Å². The molecule has 1 aromatic rings. The van der Waals surface area contributed by atoms with E-state index in [2.05, 4.69) is 53.7 Å². The number of aromatic nitrogens is 3. The Bertz CT molecular complexity index is 396. The highest BCUT2D eigenvalue weighted by Crippen LogP contribution is 2.19.